The Balaban J connectivity index is 1.85. The molecule has 0 fully saturated rings. The average Bonchev–Trinajstić information content (AvgIpc) is 2.84. The third kappa shape index (κ3) is 4.33. The van der Waals surface area contributed by atoms with Crippen LogP contribution in [0.3, 0.4) is 0 Å². The van der Waals surface area contributed by atoms with E-state index in [2.05, 4.69) is 6.07 Å². The van der Waals surface area contributed by atoms with Crippen LogP contribution in [0.25, 0.3) is 33.4 Å². The summed E-state index contributed by atoms with van der Waals surface area (Å²) in [5.41, 5.74) is 7.11. The van der Waals surface area contributed by atoms with Gasteiger partial charge in [0.15, 0.2) is 0 Å². The summed E-state index contributed by atoms with van der Waals surface area (Å²) in [6.07, 6.45) is 1.62. The molecule has 0 unspecified atom stereocenters. The summed E-state index contributed by atoms with van der Waals surface area (Å²) in [5.74, 6) is -0.966. The summed E-state index contributed by atoms with van der Waals surface area (Å²) in [6.45, 7) is 0. The average molecular weight is 406 g/mol. The molecule has 0 bridgehead atoms. The molecule has 31 heavy (non-hydrogen) atoms. The zero-order valence-electron chi connectivity index (χ0n) is 16.5. The molecule has 4 aromatic rings. The van der Waals surface area contributed by atoms with Crippen LogP contribution in [0.4, 0.5) is 0 Å². The van der Waals surface area contributed by atoms with Crippen molar-refractivity contribution in [3.05, 3.63) is 108 Å². The Morgan fingerprint density at radius 3 is 1.13 bits per heavy atom. The van der Waals surface area contributed by atoms with Crippen molar-refractivity contribution < 1.29 is 19.5 Å². The molecule has 0 atom stereocenters. The van der Waals surface area contributed by atoms with Crippen molar-refractivity contribution in [1.82, 2.24) is 0 Å². The highest BCUT2D eigenvalue weighted by molar-refractivity contribution is 5.89. The van der Waals surface area contributed by atoms with Gasteiger partial charge in [-0.3, -0.25) is 9.59 Å². The number of rotatable bonds is 6. The van der Waals surface area contributed by atoms with E-state index in [4.69, 9.17) is 5.11 Å². The summed E-state index contributed by atoms with van der Waals surface area (Å²) >= 11 is 0. The highest BCUT2D eigenvalue weighted by Gasteiger charge is 2.09. The molecule has 0 aromatic heterocycles. The molecule has 0 spiro atoms. The monoisotopic (exact) mass is 406 g/mol. The van der Waals surface area contributed by atoms with Crippen molar-refractivity contribution in [2.45, 2.75) is 0 Å². The summed E-state index contributed by atoms with van der Waals surface area (Å²) in [6, 6.07) is 27.6. The summed E-state index contributed by atoms with van der Waals surface area (Å²) in [7, 11) is 0. The minimum atomic E-state index is -0.966. The van der Waals surface area contributed by atoms with Crippen molar-refractivity contribution in [2.24, 2.45) is 0 Å². The maximum Gasteiger partial charge on any atom is 0.335 e. The van der Waals surface area contributed by atoms with E-state index in [9.17, 15) is 14.4 Å². The van der Waals surface area contributed by atoms with Crippen LogP contribution in [0, 0.1) is 0 Å². The maximum atomic E-state index is 11.2. The van der Waals surface area contributed by atoms with E-state index in [1.54, 1.807) is 48.5 Å². The second-order valence-electron chi connectivity index (χ2n) is 7.16. The molecule has 150 valence electrons. The molecule has 4 rings (SSSR count). The number of carbonyl (C=O) groups excluding carboxylic acids is 2. The Bertz CT molecular complexity index is 1180. The number of hydrogen-bond donors (Lipinski definition) is 1. The smallest absolute Gasteiger partial charge is 0.335 e. The van der Waals surface area contributed by atoms with Gasteiger partial charge in [-0.25, -0.2) is 4.79 Å². The number of hydrogen-bond acceptors (Lipinski definition) is 3. The third-order valence-corrected chi connectivity index (χ3v) is 5.16. The van der Waals surface area contributed by atoms with Crippen LogP contribution < -0.4 is 0 Å². The van der Waals surface area contributed by atoms with E-state index in [-0.39, 0.29) is 5.56 Å². The number of carboxylic acid groups (broad SMARTS) is 1. The predicted molar refractivity (Wildman–Crippen MR) is 120 cm³/mol. The van der Waals surface area contributed by atoms with E-state index < -0.39 is 5.97 Å². The lowest BCUT2D eigenvalue weighted by Crippen LogP contribution is -1.95. The first-order valence-corrected chi connectivity index (χ1v) is 9.67. The van der Waals surface area contributed by atoms with E-state index in [0.717, 1.165) is 46.0 Å². The highest BCUT2D eigenvalue weighted by atomic mass is 16.4. The molecular formula is C27H18O4. The Hall–Kier alpha value is -4.31. The lowest BCUT2D eigenvalue weighted by atomic mass is 9.92. The Morgan fingerprint density at radius 2 is 0.839 bits per heavy atom. The molecule has 0 heterocycles. The molecule has 0 amide bonds. The first-order chi connectivity index (χ1) is 15.1. The molecule has 0 aliphatic rings. The summed E-state index contributed by atoms with van der Waals surface area (Å²) < 4.78 is 0. The molecule has 4 aromatic carbocycles. The van der Waals surface area contributed by atoms with Crippen LogP contribution >= 0.6 is 0 Å². The van der Waals surface area contributed by atoms with Crippen LogP contribution in [0.5, 0.6) is 0 Å². The standard InChI is InChI=1S/C27H18O4/c28-16-18-1-5-20(6-2-18)24-13-25(21-7-3-19(17-29)4-8-21)15-26(14-24)22-9-11-23(12-10-22)27(30)31/h1-17H,(H,30,31). The first-order valence-electron chi connectivity index (χ1n) is 9.67. The molecule has 0 saturated carbocycles. The number of aromatic carboxylic acids is 1. The minimum Gasteiger partial charge on any atom is -0.478 e. The number of aldehydes is 2. The molecule has 0 radical (unpaired) electrons. The van der Waals surface area contributed by atoms with Crippen LogP contribution in [0.2, 0.25) is 0 Å². The Kier molecular flexibility index (Phi) is 5.54. The van der Waals surface area contributed by atoms with Gasteiger partial charge >= 0.3 is 5.97 Å². The lowest BCUT2D eigenvalue weighted by Gasteiger charge is -2.12. The molecule has 0 saturated heterocycles. The molecule has 0 aliphatic heterocycles. The normalized spacial score (nSPS) is 10.5. The largest absolute Gasteiger partial charge is 0.478 e. The predicted octanol–water partition coefficient (Wildman–Crippen LogP) is 6.01. The van der Waals surface area contributed by atoms with Gasteiger partial charge in [0.2, 0.25) is 0 Å². The van der Waals surface area contributed by atoms with Crippen molar-refractivity contribution in [3.63, 3.8) is 0 Å². The topological polar surface area (TPSA) is 71.4 Å². The first kappa shape index (κ1) is 20.0. The second-order valence-corrected chi connectivity index (χ2v) is 7.16. The van der Waals surface area contributed by atoms with Gasteiger partial charge in [0.05, 0.1) is 5.56 Å². The SMILES string of the molecule is O=Cc1ccc(-c2cc(-c3ccc(C=O)cc3)cc(-c3ccc(C(=O)O)cc3)c2)cc1. The fraction of sp³-hybridized carbons (Fsp3) is 0. The van der Waals surface area contributed by atoms with Gasteiger partial charge in [-0.15, -0.1) is 0 Å². The fourth-order valence-corrected chi connectivity index (χ4v) is 3.44. The van der Waals surface area contributed by atoms with Gasteiger partial charge in [-0.05, 0) is 63.7 Å². The molecular weight excluding hydrogens is 388 g/mol. The zero-order valence-corrected chi connectivity index (χ0v) is 16.5. The van der Waals surface area contributed by atoms with Gasteiger partial charge in [-0.1, -0.05) is 60.7 Å². The van der Waals surface area contributed by atoms with Crippen molar-refractivity contribution in [3.8, 4) is 33.4 Å². The van der Waals surface area contributed by atoms with E-state index >= 15 is 0 Å². The minimum absolute atomic E-state index is 0.231. The van der Waals surface area contributed by atoms with E-state index in [0.29, 0.717) is 11.1 Å². The molecule has 0 aliphatic carbocycles. The third-order valence-electron chi connectivity index (χ3n) is 5.16. The Labute approximate surface area is 179 Å². The van der Waals surface area contributed by atoms with E-state index in [1.807, 2.05) is 36.4 Å². The van der Waals surface area contributed by atoms with Crippen LogP contribution in [-0.2, 0) is 0 Å². The maximum absolute atomic E-state index is 11.2. The zero-order chi connectivity index (χ0) is 21.8. The van der Waals surface area contributed by atoms with Crippen molar-refractivity contribution in [1.29, 1.82) is 0 Å². The summed E-state index contributed by atoms with van der Waals surface area (Å²) in [4.78, 5) is 33.2. The lowest BCUT2D eigenvalue weighted by molar-refractivity contribution is 0.0696. The molecule has 1 N–H and O–H groups in total. The van der Waals surface area contributed by atoms with Crippen LogP contribution in [0.15, 0.2) is 91.0 Å². The molecule has 4 nitrogen and oxygen atoms in total. The number of carbonyl (C=O) groups is 3. The van der Waals surface area contributed by atoms with Crippen LogP contribution in [0.1, 0.15) is 31.1 Å². The van der Waals surface area contributed by atoms with Gasteiger partial charge in [-0.2, -0.15) is 0 Å². The Morgan fingerprint density at radius 1 is 0.516 bits per heavy atom. The number of benzene rings is 4. The van der Waals surface area contributed by atoms with Gasteiger partial charge in [0.1, 0.15) is 12.6 Å². The van der Waals surface area contributed by atoms with E-state index in [1.165, 1.54) is 0 Å². The second kappa shape index (κ2) is 8.59. The van der Waals surface area contributed by atoms with Gasteiger partial charge in [0.25, 0.3) is 0 Å². The fourth-order valence-electron chi connectivity index (χ4n) is 3.44. The van der Waals surface area contributed by atoms with Gasteiger partial charge < -0.3 is 5.11 Å². The van der Waals surface area contributed by atoms with Crippen molar-refractivity contribution >= 4 is 18.5 Å². The molecule has 4 heteroatoms. The van der Waals surface area contributed by atoms with Crippen molar-refractivity contribution in [2.75, 3.05) is 0 Å². The quantitative estimate of drug-likeness (QED) is 0.398. The van der Waals surface area contributed by atoms with Crippen LogP contribution in [-0.4, -0.2) is 23.6 Å². The van der Waals surface area contributed by atoms with Gasteiger partial charge in [0, 0.05) is 11.1 Å². The number of carboxylic acids is 1. The summed E-state index contributed by atoms with van der Waals surface area (Å²) in [5, 5.41) is 9.17. The highest BCUT2D eigenvalue weighted by Crippen LogP contribution is 2.33.